The molecule has 9 nitrogen and oxygen atoms in total. The Morgan fingerprint density at radius 3 is 2.79 bits per heavy atom. The number of carbonyl (C=O) groups excluding carboxylic acids is 1. The molecule has 0 spiro atoms. The molecule has 1 amide bonds. The van der Waals surface area contributed by atoms with Crippen molar-refractivity contribution in [1.82, 2.24) is 9.78 Å². The van der Waals surface area contributed by atoms with Gasteiger partial charge in [0.15, 0.2) is 11.7 Å². The van der Waals surface area contributed by atoms with Crippen LogP contribution in [0.2, 0.25) is 5.02 Å². The number of carbonyl (C=O) groups is 1. The summed E-state index contributed by atoms with van der Waals surface area (Å²) in [6.45, 7) is 0. The second kappa shape index (κ2) is 8.56. The Hall–Kier alpha value is -3.32. The zero-order valence-electron chi connectivity index (χ0n) is 16.7. The van der Waals surface area contributed by atoms with Crippen LogP contribution in [0.3, 0.4) is 0 Å². The largest absolute Gasteiger partial charge is 0.496 e. The summed E-state index contributed by atoms with van der Waals surface area (Å²) >= 11 is 7.58. The molecule has 14 heteroatoms. The first-order chi connectivity index (χ1) is 15.6. The molecule has 0 radical (unpaired) electrons. The lowest BCUT2D eigenvalue weighted by Crippen LogP contribution is -2.35. The van der Waals surface area contributed by atoms with Crippen molar-refractivity contribution in [1.29, 1.82) is 0 Å². The molecule has 3 heterocycles. The molecule has 0 aliphatic carbocycles. The lowest BCUT2D eigenvalue weighted by Gasteiger charge is -2.32. The lowest BCUT2D eigenvalue weighted by atomic mass is 10.0. The van der Waals surface area contributed by atoms with Crippen LogP contribution >= 0.6 is 22.9 Å². The Labute approximate surface area is 193 Å². The number of methoxy groups -OCH3 is 1. The van der Waals surface area contributed by atoms with E-state index in [2.05, 4.69) is 15.7 Å². The third-order valence-corrected chi connectivity index (χ3v) is 6.34. The van der Waals surface area contributed by atoms with Gasteiger partial charge < -0.3 is 15.4 Å². The van der Waals surface area contributed by atoms with Crippen molar-refractivity contribution in [2.45, 2.75) is 24.7 Å². The maximum Gasteiger partial charge on any atom is 0.410 e. The van der Waals surface area contributed by atoms with Crippen molar-refractivity contribution in [2.24, 2.45) is 0 Å². The molecule has 33 heavy (non-hydrogen) atoms. The smallest absolute Gasteiger partial charge is 0.410 e. The van der Waals surface area contributed by atoms with Gasteiger partial charge in [0.1, 0.15) is 16.6 Å². The van der Waals surface area contributed by atoms with Gasteiger partial charge in [0, 0.05) is 23.4 Å². The van der Waals surface area contributed by atoms with Crippen LogP contribution in [0.4, 0.5) is 30.4 Å². The standard InChI is InChI=1S/C19H15ClF3N5O4S/c1-32-11-6-9(5-10(7-11)28(30)31)24-18(29)16-15(20)17-25-12(13-3-2-4-33-13)8-14(19(21,22)23)27(17)26-16/h2-7,12,14,25H,8H2,1H3,(H,24,29)/t12-,14-/m1/s1. The number of rotatable bonds is 5. The van der Waals surface area contributed by atoms with Crippen molar-refractivity contribution in [3.8, 4) is 5.75 Å². The Kier molecular flexibility index (Phi) is 5.93. The summed E-state index contributed by atoms with van der Waals surface area (Å²) in [6.07, 6.45) is -4.97. The first-order valence-electron chi connectivity index (χ1n) is 9.38. The van der Waals surface area contributed by atoms with Crippen LogP contribution in [0.5, 0.6) is 5.75 Å². The Morgan fingerprint density at radius 1 is 1.42 bits per heavy atom. The maximum atomic E-state index is 13.8. The Balaban J connectivity index is 1.69. The molecule has 1 aromatic carbocycles. The molecular weight excluding hydrogens is 487 g/mol. The number of anilines is 2. The minimum absolute atomic E-state index is 0.00937. The number of nitrogens with zero attached hydrogens (tertiary/aromatic N) is 3. The number of hydrogen-bond acceptors (Lipinski definition) is 7. The number of non-ortho nitro benzene ring substituents is 1. The van der Waals surface area contributed by atoms with Crippen LogP contribution in [0.15, 0.2) is 35.7 Å². The number of ether oxygens (including phenoxy) is 1. The molecule has 1 aliphatic heterocycles. The molecular formula is C19H15ClF3N5O4S. The van der Waals surface area contributed by atoms with E-state index in [0.717, 1.165) is 12.1 Å². The summed E-state index contributed by atoms with van der Waals surface area (Å²) in [7, 11) is 1.29. The number of alkyl halides is 3. The number of thiophene rings is 1. The van der Waals surface area contributed by atoms with Crippen molar-refractivity contribution >= 4 is 46.0 Å². The summed E-state index contributed by atoms with van der Waals surface area (Å²) in [4.78, 5) is 23.9. The summed E-state index contributed by atoms with van der Waals surface area (Å²) in [5.41, 5.74) is -0.812. The topological polar surface area (TPSA) is 111 Å². The first-order valence-corrected chi connectivity index (χ1v) is 10.6. The minimum atomic E-state index is -4.64. The van der Waals surface area contributed by atoms with Crippen molar-refractivity contribution < 1.29 is 27.6 Å². The van der Waals surface area contributed by atoms with Gasteiger partial charge in [-0.1, -0.05) is 17.7 Å². The summed E-state index contributed by atoms with van der Waals surface area (Å²) in [6, 6.07) is 4.31. The fourth-order valence-corrected chi connectivity index (χ4v) is 4.54. The van der Waals surface area contributed by atoms with Crippen LogP contribution in [0.25, 0.3) is 0 Å². The van der Waals surface area contributed by atoms with E-state index in [-0.39, 0.29) is 34.4 Å². The molecule has 0 unspecified atom stereocenters. The van der Waals surface area contributed by atoms with E-state index < -0.39 is 34.8 Å². The lowest BCUT2D eigenvalue weighted by molar-refractivity contribution is -0.384. The second-order valence-electron chi connectivity index (χ2n) is 7.09. The van der Waals surface area contributed by atoms with E-state index in [1.54, 1.807) is 17.5 Å². The quantitative estimate of drug-likeness (QED) is 0.356. The Morgan fingerprint density at radius 2 is 2.18 bits per heavy atom. The predicted octanol–water partition coefficient (Wildman–Crippen LogP) is 5.43. The van der Waals surface area contributed by atoms with E-state index in [4.69, 9.17) is 16.3 Å². The molecule has 2 atom stereocenters. The second-order valence-corrected chi connectivity index (χ2v) is 8.45. The Bertz CT molecular complexity index is 1210. The average molecular weight is 502 g/mol. The van der Waals surface area contributed by atoms with E-state index in [0.29, 0.717) is 9.56 Å². The SMILES string of the molecule is COc1cc(NC(=O)c2nn3c(c2Cl)N[C@@H](c2cccs2)C[C@@H]3C(F)(F)F)cc([N+](=O)[O-])c1. The van der Waals surface area contributed by atoms with Gasteiger partial charge in [-0.15, -0.1) is 11.3 Å². The monoisotopic (exact) mass is 501 g/mol. The number of nitrogens with one attached hydrogen (secondary N) is 2. The minimum Gasteiger partial charge on any atom is -0.496 e. The van der Waals surface area contributed by atoms with Gasteiger partial charge in [0.05, 0.1) is 29.8 Å². The highest BCUT2D eigenvalue weighted by Crippen LogP contribution is 2.47. The fraction of sp³-hybridized carbons (Fsp3) is 0.263. The van der Waals surface area contributed by atoms with Crippen LogP contribution in [-0.2, 0) is 0 Å². The van der Waals surface area contributed by atoms with Gasteiger partial charge in [-0.3, -0.25) is 14.9 Å². The predicted molar refractivity (Wildman–Crippen MR) is 115 cm³/mol. The molecule has 174 valence electrons. The van der Waals surface area contributed by atoms with Crippen molar-refractivity contribution in [2.75, 3.05) is 17.7 Å². The number of halogens is 4. The number of aromatic nitrogens is 2. The molecule has 0 bridgehead atoms. The maximum absolute atomic E-state index is 13.8. The third kappa shape index (κ3) is 4.46. The molecule has 0 saturated heterocycles. The zero-order chi connectivity index (χ0) is 23.9. The molecule has 2 aromatic heterocycles. The molecule has 4 rings (SSSR count). The number of hydrogen-bond donors (Lipinski definition) is 2. The van der Waals surface area contributed by atoms with Crippen molar-refractivity contribution in [3.05, 3.63) is 61.4 Å². The highest BCUT2D eigenvalue weighted by atomic mass is 35.5. The number of amides is 1. The van der Waals surface area contributed by atoms with Crippen LogP contribution < -0.4 is 15.4 Å². The van der Waals surface area contributed by atoms with Crippen LogP contribution in [-0.4, -0.2) is 33.9 Å². The van der Waals surface area contributed by atoms with Crippen LogP contribution in [0.1, 0.15) is 33.9 Å². The van der Waals surface area contributed by atoms with E-state index in [9.17, 15) is 28.1 Å². The zero-order valence-corrected chi connectivity index (χ0v) is 18.3. The van der Waals surface area contributed by atoms with Crippen molar-refractivity contribution in [3.63, 3.8) is 0 Å². The summed E-state index contributed by atoms with van der Waals surface area (Å²) in [5.74, 6) is -0.961. The van der Waals surface area contributed by atoms with Crippen LogP contribution in [0, 0.1) is 10.1 Å². The number of benzene rings is 1. The van der Waals surface area contributed by atoms with Gasteiger partial charge in [0.2, 0.25) is 0 Å². The molecule has 3 aromatic rings. The molecule has 1 aliphatic rings. The van der Waals surface area contributed by atoms with Gasteiger partial charge >= 0.3 is 6.18 Å². The van der Waals surface area contributed by atoms with Gasteiger partial charge in [-0.05, 0) is 11.4 Å². The van der Waals surface area contributed by atoms with Gasteiger partial charge in [0.25, 0.3) is 11.6 Å². The summed E-state index contributed by atoms with van der Waals surface area (Å²) < 4.78 is 47.1. The van der Waals surface area contributed by atoms with Gasteiger partial charge in [-0.2, -0.15) is 18.3 Å². The fourth-order valence-electron chi connectivity index (χ4n) is 3.48. The van der Waals surface area contributed by atoms with Gasteiger partial charge in [-0.25, -0.2) is 4.68 Å². The van der Waals surface area contributed by atoms with E-state index in [1.165, 1.54) is 24.5 Å². The number of nitro groups is 1. The molecule has 2 N–H and O–H groups in total. The number of fused-ring (bicyclic) bond motifs is 1. The average Bonchev–Trinajstić information content (AvgIpc) is 3.40. The summed E-state index contributed by atoms with van der Waals surface area (Å²) in [5, 5.41) is 21.7. The highest BCUT2D eigenvalue weighted by molar-refractivity contribution is 7.10. The molecule has 0 fully saturated rings. The number of nitro benzene ring substituents is 1. The first kappa shape index (κ1) is 22.9. The molecule has 0 saturated carbocycles. The highest BCUT2D eigenvalue weighted by Gasteiger charge is 2.48. The normalized spacial score (nSPS) is 17.7. The van der Waals surface area contributed by atoms with E-state index in [1.807, 2.05) is 0 Å². The third-order valence-electron chi connectivity index (χ3n) is 4.99. The van der Waals surface area contributed by atoms with E-state index >= 15 is 0 Å².